The number of hydrogen-bond donors (Lipinski definition) is 1. The van der Waals surface area contributed by atoms with Crippen LogP contribution in [-0.4, -0.2) is 36.1 Å². The van der Waals surface area contributed by atoms with Gasteiger partial charge in [0.2, 0.25) is 0 Å². The van der Waals surface area contributed by atoms with Gasteiger partial charge in [-0.05, 0) is 45.0 Å². The lowest BCUT2D eigenvalue weighted by Crippen LogP contribution is -2.43. The van der Waals surface area contributed by atoms with Crippen LogP contribution in [-0.2, 0) is 0 Å². The summed E-state index contributed by atoms with van der Waals surface area (Å²) in [6.07, 6.45) is 1.20. The highest BCUT2D eigenvalue weighted by atomic mass is 15.1. The van der Waals surface area contributed by atoms with Crippen LogP contribution in [0.3, 0.4) is 0 Å². The van der Waals surface area contributed by atoms with Crippen LogP contribution in [0.5, 0.6) is 0 Å². The third-order valence-electron chi connectivity index (χ3n) is 4.29. The summed E-state index contributed by atoms with van der Waals surface area (Å²) in [5, 5.41) is 4.99. The van der Waals surface area contributed by atoms with Gasteiger partial charge in [-0.25, -0.2) is 0 Å². The number of likely N-dealkylation sites (tertiary alicyclic amines) is 1. The zero-order valence-electron chi connectivity index (χ0n) is 12.6. The number of fused-ring (bicyclic) bond motifs is 1. The van der Waals surface area contributed by atoms with Crippen LogP contribution in [0.15, 0.2) is 30.3 Å². The lowest BCUT2D eigenvalue weighted by molar-refractivity contribution is 0.206. The molecule has 3 rings (SSSR count). The molecule has 0 aliphatic carbocycles. The molecular formula is C17H23N3. The second-order valence-electron chi connectivity index (χ2n) is 6.11. The predicted octanol–water partition coefficient (Wildman–Crippen LogP) is 3.30. The smallest absolute Gasteiger partial charge is 0.0725 e. The molecule has 106 valence electrons. The molecule has 0 saturated carbocycles. The van der Waals surface area contributed by atoms with E-state index in [1.807, 2.05) is 0 Å². The van der Waals surface area contributed by atoms with E-state index in [4.69, 9.17) is 0 Å². The Bertz CT molecular complexity index is 608. The van der Waals surface area contributed by atoms with E-state index in [0.29, 0.717) is 12.0 Å². The van der Waals surface area contributed by atoms with Crippen LogP contribution < -0.4 is 5.32 Å². The first-order chi connectivity index (χ1) is 9.63. The van der Waals surface area contributed by atoms with Crippen molar-refractivity contribution in [3.63, 3.8) is 0 Å². The van der Waals surface area contributed by atoms with Crippen molar-refractivity contribution < 1.29 is 0 Å². The lowest BCUT2D eigenvalue weighted by Gasteiger charge is -2.36. The van der Waals surface area contributed by atoms with Crippen molar-refractivity contribution in [3.8, 4) is 0 Å². The number of aromatic nitrogens is 1. The molecule has 0 bridgehead atoms. The largest absolute Gasteiger partial charge is 0.381 e. The average Bonchev–Trinajstić information content (AvgIpc) is 2.41. The molecule has 1 aliphatic heterocycles. The number of rotatable bonds is 2. The number of pyridine rings is 1. The van der Waals surface area contributed by atoms with Gasteiger partial charge in [-0.3, -0.25) is 4.98 Å². The molecule has 1 aliphatic rings. The van der Waals surface area contributed by atoms with Crippen molar-refractivity contribution in [2.45, 2.75) is 26.3 Å². The van der Waals surface area contributed by atoms with Crippen LogP contribution in [0.2, 0.25) is 0 Å². The van der Waals surface area contributed by atoms with E-state index in [0.717, 1.165) is 11.2 Å². The summed E-state index contributed by atoms with van der Waals surface area (Å²) in [7, 11) is 2.21. The molecule has 2 heterocycles. The third-order valence-corrected chi connectivity index (χ3v) is 4.29. The van der Waals surface area contributed by atoms with E-state index in [9.17, 15) is 0 Å². The molecular weight excluding hydrogens is 246 g/mol. The Morgan fingerprint density at radius 2 is 2.10 bits per heavy atom. The quantitative estimate of drug-likeness (QED) is 0.906. The molecule has 1 aromatic heterocycles. The average molecular weight is 269 g/mol. The molecule has 3 heteroatoms. The fourth-order valence-corrected chi connectivity index (χ4v) is 3.20. The van der Waals surface area contributed by atoms with E-state index in [1.54, 1.807) is 0 Å². The monoisotopic (exact) mass is 269 g/mol. The number of benzene rings is 1. The zero-order valence-corrected chi connectivity index (χ0v) is 12.6. The van der Waals surface area contributed by atoms with Crippen LogP contribution in [0.1, 0.15) is 19.0 Å². The molecule has 1 saturated heterocycles. The summed E-state index contributed by atoms with van der Waals surface area (Å²) in [5.41, 5.74) is 3.39. The van der Waals surface area contributed by atoms with Gasteiger partial charge in [0.25, 0.3) is 0 Å². The highest BCUT2D eigenvalue weighted by Gasteiger charge is 2.24. The maximum atomic E-state index is 4.61. The van der Waals surface area contributed by atoms with E-state index in [-0.39, 0.29) is 0 Å². The third kappa shape index (κ3) is 2.63. The zero-order chi connectivity index (χ0) is 14.1. The number of piperidine rings is 1. The number of hydrogen-bond acceptors (Lipinski definition) is 3. The molecule has 0 radical (unpaired) electrons. The van der Waals surface area contributed by atoms with Gasteiger partial charge in [0, 0.05) is 29.4 Å². The number of para-hydroxylation sites is 1. The summed E-state index contributed by atoms with van der Waals surface area (Å²) < 4.78 is 0. The van der Waals surface area contributed by atoms with Gasteiger partial charge in [0.05, 0.1) is 5.52 Å². The second-order valence-corrected chi connectivity index (χ2v) is 6.11. The maximum Gasteiger partial charge on any atom is 0.0725 e. The number of nitrogens with zero attached hydrogens (tertiary/aromatic N) is 2. The van der Waals surface area contributed by atoms with Crippen molar-refractivity contribution in [2.24, 2.45) is 5.92 Å². The molecule has 3 nitrogen and oxygen atoms in total. The number of aryl methyl sites for hydroxylation is 1. The normalized spacial score (nSPS) is 23.9. The van der Waals surface area contributed by atoms with Gasteiger partial charge in [0.15, 0.2) is 0 Å². The molecule has 2 aromatic rings. The molecule has 20 heavy (non-hydrogen) atoms. The van der Waals surface area contributed by atoms with Gasteiger partial charge in [-0.1, -0.05) is 25.1 Å². The number of anilines is 1. The Morgan fingerprint density at radius 1 is 1.30 bits per heavy atom. The highest BCUT2D eigenvalue weighted by molar-refractivity contribution is 5.91. The van der Waals surface area contributed by atoms with E-state index in [1.165, 1.54) is 30.6 Å². The van der Waals surface area contributed by atoms with Crippen LogP contribution in [0, 0.1) is 12.8 Å². The SMILES string of the molecule is Cc1cc(NC2CCN(C)CC2C)c2ccccc2n1. The Hall–Kier alpha value is -1.61. The molecule has 1 fully saturated rings. The van der Waals surface area contributed by atoms with Gasteiger partial charge in [-0.15, -0.1) is 0 Å². The summed E-state index contributed by atoms with van der Waals surface area (Å²) in [5.74, 6) is 0.668. The molecule has 1 N–H and O–H groups in total. The Morgan fingerprint density at radius 3 is 2.90 bits per heavy atom. The van der Waals surface area contributed by atoms with E-state index >= 15 is 0 Å². The second kappa shape index (κ2) is 5.41. The van der Waals surface area contributed by atoms with E-state index in [2.05, 4.69) is 66.4 Å². The minimum atomic E-state index is 0.552. The van der Waals surface area contributed by atoms with Crippen molar-refractivity contribution in [3.05, 3.63) is 36.0 Å². The van der Waals surface area contributed by atoms with Gasteiger partial charge >= 0.3 is 0 Å². The summed E-state index contributed by atoms with van der Waals surface area (Å²) >= 11 is 0. The lowest BCUT2D eigenvalue weighted by atomic mass is 9.93. The minimum Gasteiger partial charge on any atom is -0.381 e. The fourth-order valence-electron chi connectivity index (χ4n) is 3.20. The molecule has 2 unspecified atom stereocenters. The molecule has 2 atom stereocenters. The predicted molar refractivity (Wildman–Crippen MR) is 85.2 cm³/mol. The van der Waals surface area contributed by atoms with Crippen LogP contribution in [0.25, 0.3) is 10.9 Å². The van der Waals surface area contributed by atoms with Gasteiger partial charge in [-0.2, -0.15) is 0 Å². The fraction of sp³-hybridized carbons (Fsp3) is 0.471. The van der Waals surface area contributed by atoms with Crippen molar-refractivity contribution >= 4 is 16.6 Å². The Balaban J connectivity index is 1.90. The summed E-state index contributed by atoms with van der Waals surface area (Å²) in [4.78, 5) is 7.03. The molecule has 0 amide bonds. The van der Waals surface area contributed by atoms with Crippen molar-refractivity contribution in [1.82, 2.24) is 9.88 Å². The van der Waals surface area contributed by atoms with Crippen LogP contribution >= 0.6 is 0 Å². The van der Waals surface area contributed by atoms with Crippen molar-refractivity contribution in [2.75, 3.05) is 25.5 Å². The van der Waals surface area contributed by atoms with Crippen molar-refractivity contribution in [1.29, 1.82) is 0 Å². The first kappa shape index (κ1) is 13.4. The highest BCUT2D eigenvalue weighted by Crippen LogP contribution is 2.27. The standard InChI is InChI=1S/C17H23N3/c1-12-11-20(3)9-8-15(12)19-17-10-13(2)18-16-7-5-4-6-14(16)17/h4-7,10,12,15H,8-9,11H2,1-3H3,(H,18,19). The Labute approximate surface area is 121 Å². The minimum absolute atomic E-state index is 0.552. The van der Waals surface area contributed by atoms with Crippen LogP contribution in [0.4, 0.5) is 5.69 Å². The first-order valence-electron chi connectivity index (χ1n) is 7.45. The first-order valence-corrected chi connectivity index (χ1v) is 7.45. The summed E-state index contributed by atoms with van der Waals surface area (Å²) in [6, 6.07) is 11.1. The van der Waals surface area contributed by atoms with Gasteiger partial charge < -0.3 is 10.2 Å². The summed E-state index contributed by atoms with van der Waals surface area (Å²) in [6.45, 7) is 6.74. The van der Waals surface area contributed by atoms with Gasteiger partial charge in [0.1, 0.15) is 0 Å². The van der Waals surface area contributed by atoms with E-state index < -0.39 is 0 Å². The molecule has 1 aromatic carbocycles. The topological polar surface area (TPSA) is 28.2 Å². The Kier molecular flexibility index (Phi) is 3.62. The number of nitrogens with one attached hydrogen (secondary N) is 1. The molecule has 0 spiro atoms. The maximum absolute atomic E-state index is 4.61.